The van der Waals surface area contributed by atoms with Gasteiger partial charge in [-0.25, -0.2) is 0 Å². The van der Waals surface area contributed by atoms with Crippen molar-refractivity contribution < 1.29 is 19.2 Å². The third kappa shape index (κ3) is 8.80. The summed E-state index contributed by atoms with van der Waals surface area (Å²) in [4.78, 5) is 46.7. The fourth-order valence-electron chi connectivity index (χ4n) is 2.26. The lowest BCUT2D eigenvalue weighted by molar-refractivity contribution is -0.131. The van der Waals surface area contributed by atoms with Crippen LogP contribution in [0.1, 0.15) is 47.0 Å². The molecule has 5 N–H and O–H groups in total. The minimum absolute atomic E-state index is 0.0949. The average molecular weight is 371 g/mol. The third-order valence-corrected chi connectivity index (χ3v) is 3.90. The van der Waals surface area contributed by atoms with Crippen LogP contribution in [0.15, 0.2) is 0 Å². The summed E-state index contributed by atoms with van der Waals surface area (Å²) in [5.41, 5.74) is 5.42. The van der Waals surface area contributed by atoms with E-state index in [1.54, 1.807) is 27.7 Å². The van der Waals surface area contributed by atoms with E-state index >= 15 is 0 Å². The molecular weight excluding hydrogens is 338 g/mol. The fraction of sp³-hybridized carbons (Fsp3) is 0.765. The minimum atomic E-state index is -0.639. The summed E-state index contributed by atoms with van der Waals surface area (Å²) >= 11 is 0. The van der Waals surface area contributed by atoms with Crippen molar-refractivity contribution in [2.45, 2.75) is 65.1 Å². The highest BCUT2D eigenvalue weighted by molar-refractivity contribution is 5.91. The summed E-state index contributed by atoms with van der Waals surface area (Å²) in [6.45, 7) is 8.39. The Morgan fingerprint density at radius 2 is 1.46 bits per heavy atom. The first kappa shape index (κ1) is 23.8. The van der Waals surface area contributed by atoms with Crippen LogP contribution in [0.25, 0.3) is 0 Å². The van der Waals surface area contributed by atoms with Gasteiger partial charge in [-0.1, -0.05) is 6.92 Å². The van der Waals surface area contributed by atoms with Crippen LogP contribution in [0.4, 0.5) is 0 Å². The van der Waals surface area contributed by atoms with Crippen LogP contribution < -0.4 is 21.7 Å². The Bertz CT molecular complexity index is 490. The molecule has 150 valence electrons. The number of amides is 4. The molecule has 0 saturated carbocycles. The maximum Gasteiger partial charge on any atom is 0.242 e. The summed E-state index contributed by atoms with van der Waals surface area (Å²) in [5.74, 6) is -0.756. The molecule has 0 aromatic carbocycles. The van der Waals surface area contributed by atoms with E-state index in [9.17, 15) is 19.2 Å². The molecule has 1 saturated heterocycles. The molecule has 3 atom stereocenters. The van der Waals surface area contributed by atoms with Crippen molar-refractivity contribution in [3.8, 4) is 0 Å². The summed E-state index contributed by atoms with van der Waals surface area (Å²) in [6.07, 6.45) is 2.60. The predicted molar refractivity (Wildman–Crippen MR) is 99.0 cm³/mol. The lowest BCUT2D eigenvalue weighted by Crippen LogP contribution is -2.51. The van der Waals surface area contributed by atoms with Crippen molar-refractivity contribution in [2.24, 2.45) is 5.73 Å². The number of likely N-dealkylation sites (tertiary alicyclic amines) is 1. The van der Waals surface area contributed by atoms with Crippen LogP contribution in [0.3, 0.4) is 0 Å². The van der Waals surface area contributed by atoms with Crippen molar-refractivity contribution in [1.82, 2.24) is 20.9 Å². The van der Waals surface area contributed by atoms with Crippen molar-refractivity contribution in [3.63, 3.8) is 0 Å². The van der Waals surface area contributed by atoms with Gasteiger partial charge >= 0.3 is 0 Å². The van der Waals surface area contributed by atoms with Gasteiger partial charge in [-0.3, -0.25) is 19.2 Å². The molecule has 1 fully saturated rings. The predicted octanol–water partition coefficient (Wildman–Crippen LogP) is -0.892. The minimum Gasteiger partial charge on any atom is -0.357 e. The highest BCUT2D eigenvalue weighted by Gasteiger charge is 2.20. The van der Waals surface area contributed by atoms with Crippen LogP contribution in [0.2, 0.25) is 0 Å². The SMILES string of the molecule is CC(N)C(=O)N1CCCC1.CCC(=O)NC(C)C(=O)NC(C)C(=O)NC. The Hall–Kier alpha value is -2.16. The number of rotatable bonds is 6. The molecule has 9 nitrogen and oxygen atoms in total. The van der Waals surface area contributed by atoms with Gasteiger partial charge in [0.15, 0.2) is 0 Å². The van der Waals surface area contributed by atoms with Gasteiger partial charge in [0.1, 0.15) is 12.1 Å². The van der Waals surface area contributed by atoms with Crippen molar-refractivity contribution in [1.29, 1.82) is 0 Å². The van der Waals surface area contributed by atoms with Crippen LogP contribution in [0.5, 0.6) is 0 Å². The summed E-state index contributed by atoms with van der Waals surface area (Å²) < 4.78 is 0. The molecule has 1 aliphatic heterocycles. The largest absolute Gasteiger partial charge is 0.357 e. The Morgan fingerprint density at radius 3 is 1.88 bits per heavy atom. The van der Waals surface area contributed by atoms with E-state index < -0.39 is 12.1 Å². The third-order valence-electron chi connectivity index (χ3n) is 3.90. The van der Waals surface area contributed by atoms with Gasteiger partial charge in [0, 0.05) is 26.6 Å². The Balaban J connectivity index is 0.000000531. The average Bonchev–Trinajstić information content (AvgIpc) is 3.14. The zero-order chi connectivity index (χ0) is 20.3. The van der Waals surface area contributed by atoms with Crippen molar-refractivity contribution >= 4 is 23.6 Å². The second-order valence-corrected chi connectivity index (χ2v) is 6.31. The molecule has 0 aromatic heterocycles. The van der Waals surface area contributed by atoms with E-state index in [1.165, 1.54) is 7.05 Å². The maximum atomic E-state index is 11.5. The van der Waals surface area contributed by atoms with Crippen LogP contribution in [0, 0.1) is 0 Å². The normalized spacial score (nSPS) is 16.5. The smallest absolute Gasteiger partial charge is 0.242 e. The van der Waals surface area contributed by atoms with E-state index in [0.717, 1.165) is 25.9 Å². The highest BCUT2D eigenvalue weighted by atomic mass is 16.2. The zero-order valence-corrected chi connectivity index (χ0v) is 16.4. The number of hydrogen-bond acceptors (Lipinski definition) is 5. The highest BCUT2D eigenvalue weighted by Crippen LogP contribution is 2.07. The molecule has 1 rings (SSSR count). The topological polar surface area (TPSA) is 134 Å². The molecule has 0 spiro atoms. The molecule has 1 aliphatic rings. The van der Waals surface area contributed by atoms with Crippen molar-refractivity contribution in [2.75, 3.05) is 20.1 Å². The summed E-state index contributed by atoms with van der Waals surface area (Å²) in [6, 6.07) is -1.57. The second-order valence-electron chi connectivity index (χ2n) is 6.31. The van der Waals surface area contributed by atoms with E-state index in [-0.39, 0.29) is 29.7 Å². The lowest BCUT2D eigenvalue weighted by Gasteiger charge is -2.17. The molecule has 3 unspecified atom stereocenters. The van der Waals surface area contributed by atoms with Gasteiger partial charge in [0.05, 0.1) is 6.04 Å². The first-order valence-electron chi connectivity index (χ1n) is 8.99. The number of hydrogen-bond donors (Lipinski definition) is 4. The molecule has 0 bridgehead atoms. The van der Waals surface area contributed by atoms with E-state index in [4.69, 9.17) is 5.73 Å². The van der Waals surface area contributed by atoms with E-state index in [0.29, 0.717) is 6.42 Å². The number of likely N-dealkylation sites (N-methyl/N-ethyl adjacent to an activating group) is 1. The second kappa shape index (κ2) is 12.2. The first-order valence-corrected chi connectivity index (χ1v) is 8.99. The maximum absolute atomic E-state index is 11.5. The summed E-state index contributed by atoms with van der Waals surface area (Å²) in [5, 5.41) is 7.42. The van der Waals surface area contributed by atoms with Gasteiger partial charge in [-0.2, -0.15) is 0 Å². The monoisotopic (exact) mass is 371 g/mol. The molecule has 9 heteroatoms. The van der Waals surface area contributed by atoms with Crippen LogP contribution in [-0.2, 0) is 19.2 Å². The number of carbonyl (C=O) groups is 4. The van der Waals surface area contributed by atoms with Gasteiger partial charge in [-0.05, 0) is 33.6 Å². The fourth-order valence-corrected chi connectivity index (χ4v) is 2.26. The van der Waals surface area contributed by atoms with Crippen LogP contribution >= 0.6 is 0 Å². The molecule has 4 amide bonds. The van der Waals surface area contributed by atoms with E-state index in [1.807, 2.05) is 4.90 Å². The van der Waals surface area contributed by atoms with Gasteiger partial charge < -0.3 is 26.6 Å². The molecule has 0 aromatic rings. The standard InChI is InChI=1S/C10H19N3O3.C7H14N2O/c1-5-8(14)12-7(3)10(16)13-6(2)9(15)11-4;1-6(8)7(10)9-4-2-3-5-9/h6-7H,5H2,1-4H3,(H,11,15)(H,12,14)(H,13,16);6H,2-5,8H2,1H3. The molecular formula is C17H33N5O4. The van der Waals surface area contributed by atoms with Crippen molar-refractivity contribution in [3.05, 3.63) is 0 Å². The van der Waals surface area contributed by atoms with Gasteiger partial charge in [0.2, 0.25) is 23.6 Å². The van der Waals surface area contributed by atoms with E-state index in [2.05, 4.69) is 16.0 Å². The molecule has 0 radical (unpaired) electrons. The molecule has 0 aliphatic carbocycles. The molecule has 26 heavy (non-hydrogen) atoms. The first-order chi connectivity index (χ1) is 12.1. The Morgan fingerprint density at radius 1 is 0.962 bits per heavy atom. The lowest BCUT2D eigenvalue weighted by atomic mass is 10.2. The van der Waals surface area contributed by atoms with Crippen LogP contribution in [-0.4, -0.2) is 66.8 Å². The number of nitrogens with zero attached hydrogens (tertiary/aromatic N) is 1. The Kier molecular flexibility index (Phi) is 11.2. The number of nitrogens with one attached hydrogen (secondary N) is 3. The molecule has 1 heterocycles. The zero-order valence-electron chi connectivity index (χ0n) is 16.4. The van der Waals surface area contributed by atoms with Gasteiger partial charge in [-0.15, -0.1) is 0 Å². The van der Waals surface area contributed by atoms with Gasteiger partial charge in [0.25, 0.3) is 0 Å². The number of nitrogens with two attached hydrogens (primary N) is 1. The quantitative estimate of drug-likeness (QED) is 0.480. The number of carbonyl (C=O) groups excluding carboxylic acids is 4. The Labute approximate surface area is 155 Å². The summed E-state index contributed by atoms with van der Waals surface area (Å²) in [7, 11) is 1.49.